The molecule has 0 unspecified atom stereocenters. The van der Waals surface area contributed by atoms with Gasteiger partial charge in [-0.05, 0) is 59.4 Å². The fraction of sp³-hybridized carbons (Fsp3) is 0.280. The summed E-state index contributed by atoms with van der Waals surface area (Å²) in [5.74, 6) is 1.25. The van der Waals surface area contributed by atoms with E-state index in [1.807, 2.05) is 0 Å². The molecule has 0 aliphatic heterocycles. The van der Waals surface area contributed by atoms with Crippen LogP contribution in [0.15, 0.2) is 77.7 Å². The minimum Gasteiger partial charge on any atom is -0.744 e. The molecule has 3 rings (SSSR count). The molecule has 0 radical (unpaired) electrons. The van der Waals surface area contributed by atoms with E-state index in [2.05, 4.69) is 76.2 Å². The Morgan fingerprint density at radius 1 is 0.727 bits per heavy atom. The molecule has 0 heterocycles. The molecule has 0 N–H and O–H groups in total. The van der Waals surface area contributed by atoms with Crippen LogP contribution in [0.4, 0.5) is 13.2 Å². The SMILES string of the molecule is CC(C)c1ccc([I+]c2ccc(C(C)C)cc2)cc1.O=S(=O)([O-])c1ccccc1C(F)(F)F. The van der Waals surface area contributed by atoms with Gasteiger partial charge in [-0.3, -0.25) is 0 Å². The van der Waals surface area contributed by atoms with Gasteiger partial charge < -0.3 is 4.55 Å². The second kappa shape index (κ2) is 11.5. The van der Waals surface area contributed by atoms with Crippen molar-refractivity contribution in [1.82, 2.24) is 0 Å². The number of hydrogen-bond acceptors (Lipinski definition) is 3. The first-order chi connectivity index (χ1) is 15.3. The van der Waals surface area contributed by atoms with Crippen molar-refractivity contribution in [1.29, 1.82) is 0 Å². The fourth-order valence-electron chi connectivity index (χ4n) is 2.87. The fourth-order valence-corrected chi connectivity index (χ4v) is 5.72. The normalized spacial score (nSPS) is 11.9. The Morgan fingerprint density at radius 2 is 1.12 bits per heavy atom. The van der Waals surface area contributed by atoms with E-state index < -0.39 is 26.8 Å². The van der Waals surface area contributed by atoms with Crippen molar-refractivity contribution in [3.05, 3.63) is 96.6 Å². The summed E-state index contributed by atoms with van der Waals surface area (Å²) in [4.78, 5) is -1.24. The quantitative estimate of drug-likeness (QED) is 0.337. The summed E-state index contributed by atoms with van der Waals surface area (Å²) in [6.07, 6.45) is -4.84. The van der Waals surface area contributed by atoms with Crippen molar-refractivity contribution in [2.75, 3.05) is 0 Å². The van der Waals surface area contributed by atoms with E-state index in [1.54, 1.807) is 0 Å². The lowest BCUT2D eigenvalue weighted by Gasteiger charge is -2.14. The molecular formula is C25H26F3IO3S. The van der Waals surface area contributed by atoms with Gasteiger partial charge in [0.25, 0.3) is 0 Å². The lowest BCUT2D eigenvalue weighted by atomic mass is 10.0. The summed E-state index contributed by atoms with van der Waals surface area (Å²) in [7, 11) is -5.09. The predicted octanol–water partition coefficient (Wildman–Crippen LogP) is 3.67. The molecule has 0 bridgehead atoms. The van der Waals surface area contributed by atoms with Crippen LogP contribution in [0.1, 0.15) is 56.2 Å². The standard InChI is InChI=1S/C18H22I.C7H5F3O3S/c1-13(2)15-5-9-17(10-6-15)19-18-11-7-16(8-12-18)14(3)4;8-7(9,10)5-3-1-2-4-6(5)14(11,12)13/h5-14H,1-4H3;1-4H,(H,11,12,13)/q+1;/p-1. The minimum absolute atomic E-state index is 0.0366. The average Bonchev–Trinajstić information content (AvgIpc) is 2.74. The molecular weight excluding hydrogens is 564 g/mol. The number of rotatable bonds is 5. The van der Waals surface area contributed by atoms with Crippen molar-refractivity contribution in [3.63, 3.8) is 0 Å². The number of alkyl halides is 3. The highest BCUT2D eigenvalue weighted by Gasteiger charge is 2.34. The van der Waals surface area contributed by atoms with Crippen LogP contribution >= 0.6 is 0 Å². The van der Waals surface area contributed by atoms with E-state index in [1.165, 1.54) is 18.3 Å². The summed E-state index contributed by atoms with van der Waals surface area (Å²) in [5, 5.41) is 0. The van der Waals surface area contributed by atoms with Crippen LogP contribution in [-0.4, -0.2) is 13.0 Å². The van der Waals surface area contributed by atoms with Crippen LogP contribution in [0.2, 0.25) is 0 Å². The Labute approximate surface area is 204 Å². The molecule has 0 atom stereocenters. The van der Waals surface area contributed by atoms with Crippen molar-refractivity contribution < 1.29 is 47.3 Å². The Morgan fingerprint density at radius 3 is 1.42 bits per heavy atom. The third-order valence-corrected chi connectivity index (χ3v) is 8.33. The highest BCUT2D eigenvalue weighted by molar-refractivity contribution is 7.85. The number of hydrogen-bond donors (Lipinski definition) is 0. The molecule has 0 spiro atoms. The molecule has 8 heteroatoms. The summed E-state index contributed by atoms with van der Waals surface area (Å²) in [5.41, 5.74) is 1.43. The van der Waals surface area contributed by atoms with Gasteiger partial charge in [0.05, 0.1) is 10.5 Å². The Kier molecular flexibility index (Phi) is 9.51. The highest BCUT2D eigenvalue weighted by atomic mass is 127. The molecule has 3 aromatic carbocycles. The molecule has 0 fully saturated rings. The molecule has 33 heavy (non-hydrogen) atoms. The van der Waals surface area contributed by atoms with Gasteiger partial charge in [-0.2, -0.15) is 13.2 Å². The van der Waals surface area contributed by atoms with E-state index >= 15 is 0 Å². The molecule has 0 aliphatic rings. The van der Waals surface area contributed by atoms with E-state index in [9.17, 15) is 26.1 Å². The van der Waals surface area contributed by atoms with Crippen LogP contribution < -0.4 is 21.2 Å². The Hall–Kier alpha value is -1.91. The zero-order chi connectivity index (χ0) is 24.8. The smallest absolute Gasteiger partial charge is 0.417 e. The molecule has 0 saturated heterocycles. The van der Waals surface area contributed by atoms with Crippen molar-refractivity contribution >= 4 is 10.1 Å². The summed E-state index contributed by atoms with van der Waals surface area (Å²) >= 11 is -0.0366. The minimum atomic E-state index is -5.09. The van der Waals surface area contributed by atoms with E-state index in [-0.39, 0.29) is 21.2 Å². The third kappa shape index (κ3) is 8.42. The van der Waals surface area contributed by atoms with E-state index in [0.29, 0.717) is 24.0 Å². The third-order valence-electron chi connectivity index (χ3n) is 4.75. The van der Waals surface area contributed by atoms with Crippen LogP contribution in [0.3, 0.4) is 0 Å². The van der Waals surface area contributed by atoms with Crippen molar-refractivity contribution in [2.45, 2.75) is 50.6 Å². The molecule has 3 aromatic rings. The predicted molar refractivity (Wildman–Crippen MR) is 118 cm³/mol. The monoisotopic (exact) mass is 590 g/mol. The van der Waals surface area contributed by atoms with Crippen LogP contribution in [0, 0.1) is 7.14 Å². The maximum atomic E-state index is 12.2. The lowest BCUT2D eigenvalue weighted by Crippen LogP contribution is -3.61. The summed E-state index contributed by atoms with van der Waals surface area (Å²) in [6.45, 7) is 8.98. The van der Waals surface area contributed by atoms with Gasteiger partial charge in [-0.15, -0.1) is 0 Å². The van der Waals surface area contributed by atoms with E-state index in [4.69, 9.17) is 0 Å². The van der Waals surface area contributed by atoms with Crippen LogP contribution in [-0.2, 0) is 16.3 Å². The summed E-state index contributed by atoms with van der Waals surface area (Å²) < 4.78 is 70.9. The first-order valence-electron chi connectivity index (χ1n) is 10.3. The largest absolute Gasteiger partial charge is 0.744 e. The molecule has 178 valence electrons. The van der Waals surface area contributed by atoms with Gasteiger partial charge in [0, 0.05) is 0 Å². The van der Waals surface area contributed by atoms with Gasteiger partial charge in [-0.25, -0.2) is 8.42 Å². The Balaban J connectivity index is 0.000000245. The molecule has 0 aromatic heterocycles. The summed E-state index contributed by atoms with van der Waals surface area (Å²) in [6, 6.07) is 21.6. The Bertz CT molecular complexity index is 1090. The van der Waals surface area contributed by atoms with Gasteiger partial charge in [0.15, 0.2) is 7.14 Å². The first kappa shape index (κ1) is 27.3. The number of halogens is 4. The van der Waals surface area contributed by atoms with E-state index in [0.717, 1.165) is 12.1 Å². The average molecular weight is 590 g/mol. The van der Waals surface area contributed by atoms with Gasteiger partial charge in [0.1, 0.15) is 10.1 Å². The number of benzene rings is 3. The maximum Gasteiger partial charge on any atom is 0.417 e. The van der Waals surface area contributed by atoms with Gasteiger partial charge >= 0.3 is 27.4 Å². The first-order valence-corrected chi connectivity index (χ1v) is 13.8. The van der Waals surface area contributed by atoms with Gasteiger partial charge in [-0.1, -0.05) is 64.1 Å². The molecule has 0 amide bonds. The van der Waals surface area contributed by atoms with Crippen LogP contribution in [0.5, 0.6) is 0 Å². The van der Waals surface area contributed by atoms with Gasteiger partial charge in [0.2, 0.25) is 0 Å². The highest BCUT2D eigenvalue weighted by Crippen LogP contribution is 2.33. The second-order valence-electron chi connectivity index (χ2n) is 7.96. The molecule has 3 nitrogen and oxygen atoms in total. The topological polar surface area (TPSA) is 57.2 Å². The van der Waals surface area contributed by atoms with Crippen molar-refractivity contribution in [3.8, 4) is 0 Å². The zero-order valence-corrected chi connectivity index (χ0v) is 21.7. The maximum absolute atomic E-state index is 12.2. The van der Waals surface area contributed by atoms with Crippen LogP contribution in [0.25, 0.3) is 0 Å². The lowest BCUT2D eigenvalue weighted by molar-refractivity contribution is -0.597. The molecule has 0 saturated carbocycles. The van der Waals surface area contributed by atoms with Crippen molar-refractivity contribution in [2.24, 2.45) is 0 Å². The zero-order valence-electron chi connectivity index (χ0n) is 18.7. The molecule has 0 aliphatic carbocycles. The second-order valence-corrected chi connectivity index (χ2v) is 12.3.